The maximum atomic E-state index is 12.6. The molecule has 0 spiro atoms. The fraction of sp³-hybridized carbons (Fsp3) is 0.158. The lowest BCUT2D eigenvalue weighted by atomic mass is 10.1. The zero-order chi connectivity index (χ0) is 19.6. The van der Waals surface area contributed by atoms with Gasteiger partial charge in [-0.1, -0.05) is 47.5 Å². The summed E-state index contributed by atoms with van der Waals surface area (Å²) >= 11 is 5.87. The average molecular weight is 405 g/mol. The van der Waals surface area contributed by atoms with Gasteiger partial charge in [-0.2, -0.15) is 8.42 Å². The minimum Gasteiger partial charge on any atom is -0.434 e. The van der Waals surface area contributed by atoms with Gasteiger partial charge in [0.25, 0.3) is 5.88 Å². The van der Waals surface area contributed by atoms with Crippen molar-refractivity contribution in [1.82, 2.24) is 10.2 Å². The Labute approximate surface area is 162 Å². The molecule has 0 aliphatic rings. The molecule has 0 atom stereocenters. The second-order valence-corrected chi connectivity index (χ2v) is 7.94. The first-order chi connectivity index (χ1) is 12.8. The van der Waals surface area contributed by atoms with Crippen LogP contribution in [0.1, 0.15) is 16.7 Å². The molecule has 3 rings (SSSR count). The van der Waals surface area contributed by atoms with Crippen LogP contribution in [0.2, 0.25) is 5.15 Å². The van der Waals surface area contributed by atoms with Gasteiger partial charge in [-0.3, -0.25) is 0 Å². The predicted molar refractivity (Wildman–Crippen MR) is 102 cm³/mol. The number of ether oxygens (including phenoxy) is 1. The zero-order valence-electron chi connectivity index (χ0n) is 14.9. The smallest absolute Gasteiger partial charge is 0.339 e. The highest BCUT2D eigenvalue weighted by Gasteiger charge is 2.22. The summed E-state index contributed by atoms with van der Waals surface area (Å²) in [5.74, 6) is 0.317. The standard InChI is InChI=1S/C19H17ClN2O4S/c1-12-7-9-15(10-8-12)27(23,24)26-16-11-17(20)21-22-19(16)25-18-13(2)5-4-6-14(18)3/h4-11H,1-3H3. The number of hydrogen-bond acceptors (Lipinski definition) is 6. The van der Waals surface area contributed by atoms with Gasteiger partial charge in [0.15, 0.2) is 5.15 Å². The van der Waals surface area contributed by atoms with Crippen molar-refractivity contribution in [3.63, 3.8) is 0 Å². The van der Waals surface area contributed by atoms with Gasteiger partial charge in [-0.15, -0.1) is 10.2 Å². The van der Waals surface area contributed by atoms with Crippen LogP contribution in [0.5, 0.6) is 17.4 Å². The summed E-state index contributed by atoms with van der Waals surface area (Å²) in [4.78, 5) is 0.0130. The second-order valence-electron chi connectivity index (χ2n) is 6.01. The van der Waals surface area contributed by atoms with Gasteiger partial charge in [0.2, 0.25) is 5.75 Å². The molecule has 27 heavy (non-hydrogen) atoms. The minimum atomic E-state index is -4.09. The Morgan fingerprint density at radius 2 is 1.56 bits per heavy atom. The SMILES string of the molecule is Cc1ccc(S(=O)(=O)Oc2cc(Cl)nnc2Oc2c(C)cccc2C)cc1. The molecule has 0 saturated heterocycles. The molecule has 3 aromatic rings. The first kappa shape index (κ1) is 19.1. The summed E-state index contributed by atoms with van der Waals surface area (Å²) in [6, 6.07) is 13.2. The van der Waals surface area contributed by atoms with Crippen LogP contribution in [0.25, 0.3) is 0 Å². The van der Waals surface area contributed by atoms with E-state index in [-0.39, 0.29) is 21.7 Å². The van der Waals surface area contributed by atoms with E-state index in [9.17, 15) is 8.42 Å². The third-order valence-electron chi connectivity index (χ3n) is 3.81. The molecule has 1 heterocycles. The molecule has 0 amide bonds. The fourth-order valence-corrected chi connectivity index (χ4v) is 3.46. The van der Waals surface area contributed by atoms with Crippen molar-refractivity contribution in [1.29, 1.82) is 0 Å². The van der Waals surface area contributed by atoms with E-state index in [0.717, 1.165) is 16.7 Å². The van der Waals surface area contributed by atoms with Gasteiger partial charge in [-0.05, 0) is 44.0 Å². The van der Waals surface area contributed by atoms with Gasteiger partial charge in [0, 0.05) is 6.07 Å². The summed E-state index contributed by atoms with van der Waals surface area (Å²) in [6.07, 6.45) is 0. The molecule has 0 aliphatic carbocycles. The number of aromatic nitrogens is 2. The highest BCUT2D eigenvalue weighted by atomic mass is 35.5. The topological polar surface area (TPSA) is 78.4 Å². The molecule has 2 aromatic carbocycles. The predicted octanol–water partition coefficient (Wildman–Crippen LogP) is 4.62. The second kappa shape index (κ2) is 7.54. The van der Waals surface area contributed by atoms with E-state index in [2.05, 4.69) is 10.2 Å². The molecular formula is C19H17ClN2O4S. The van der Waals surface area contributed by atoms with Crippen molar-refractivity contribution >= 4 is 21.7 Å². The van der Waals surface area contributed by atoms with Crippen LogP contribution in [-0.4, -0.2) is 18.6 Å². The summed E-state index contributed by atoms with van der Waals surface area (Å²) in [7, 11) is -4.09. The molecule has 6 nitrogen and oxygen atoms in total. The van der Waals surface area contributed by atoms with Crippen molar-refractivity contribution in [3.05, 3.63) is 70.4 Å². The lowest BCUT2D eigenvalue weighted by molar-refractivity contribution is 0.411. The van der Waals surface area contributed by atoms with E-state index >= 15 is 0 Å². The van der Waals surface area contributed by atoms with Gasteiger partial charge < -0.3 is 8.92 Å². The average Bonchev–Trinajstić information content (AvgIpc) is 2.60. The number of para-hydroxylation sites is 1. The summed E-state index contributed by atoms with van der Waals surface area (Å²) < 4.78 is 36.2. The largest absolute Gasteiger partial charge is 0.434 e. The molecule has 8 heteroatoms. The Morgan fingerprint density at radius 1 is 0.926 bits per heavy atom. The van der Waals surface area contributed by atoms with Gasteiger partial charge in [0.05, 0.1) is 0 Å². The number of aryl methyl sites for hydroxylation is 3. The maximum absolute atomic E-state index is 12.6. The Bertz CT molecular complexity index is 1060. The summed E-state index contributed by atoms with van der Waals surface area (Å²) in [6.45, 7) is 5.60. The highest BCUT2D eigenvalue weighted by Crippen LogP contribution is 2.35. The number of nitrogens with zero attached hydrogens (tertiary/aromatic N) is 2. The third kappa shape index (κ3) is 4.37. The van der Waals surface area contributed by atoms with E-state index in [0.29, 0.717) is 5.75 Å². The lowest BCUT2D eigenvalue weighted by Gasteiger charge is -2.14. The molecule has 0 N–H and O–H groups in total. The minimum absolute atomic E-state index is 0.0130. The van der Waals surface area contributed by atoms with Crippen molar-refractivity contribution in [3.8, 4) is 17.4 Å². The van der Waals surface area contributed by atoms with Crippen LogP contribution in [0.15, 0.2) is 53.4 Å². The Hall–Kier alpha value is -2.64. The fourth-order valence-electron chi connectivity index (χ4n) is 2.40. The van der Waals surface area contributed by atoms with Crippen molar-refractivity contribution in [2.75, 3.05) is 0 Å². The zero-order valence-corrected chi connectivity index (χ0v) is 16.5. The number of benzene rings is 2. The maximum Gasteiger partial charge on any atom is 0.339 e. The first-order valence-electron chi connectivity index (χ1n) is 8.05. The molecule has 0 fully saturated rings. The van der Waals surface area contributed by atoms with Crippen molar-refractivity contribution in [2.45, 2.75) is 25.7 Å². The van der Waals surface area contributed by atoms with Crippen LogP contribution in [-0.2, 0) is 10.1 Å². The Morgan fingerprint density at radius 3 is 2.19 bits per heavy atom. The van der Waals surface area contributed by atoms with Gasteiger partial charge in [-0.25, -0.2) is 0 Å². The van der Waals surface area contributed by atoms with E-state index in [1.807, 2.05) is 39.0 Å². The Balaban J connectivity index is 1.98. The normalized spacial score (nSPS) is 11.3. The van der Waals surface area contributed by atoms with E-state index in [4.69, 9.17) is 20.5 Å². The molecule has 140 valence electrons. The summed E-state index contributed by atoms with van der Waals surface area (Å²) in [5, 5.41) is 7.56. The quantitative estimate of drug-likeness (QED) is 0.577. The van der Waals surface area contributed by atoms with Crippen molar-refractivity contribution in [2.24, 2.45) is 0 Å². The van der Waals surface area contributed by atoms with E-state index < -0.39 is 10.1 Å². The Kier molecular flexibility index (Phi) is 5.34. The van der Waals surface area contributed by atoms with Gasteiger partial charge in [0.1, 0.15) is 10.6 Å². The van der Waals surface area contributed by atoms with Gasteiger partial charge >= 0.3 is 10.1 Å². The third-order valence-corrected chi connectivity index (χ3v) is 5.25. The number of halogens is 1. The number of hydrogen-bond donors (Lipinski definition) is 0. The molecule has 1 aromatic heterocycles. The van der Waals surface area contributed by atoms with E-state index in [1.165, 1.54) is 18.2 Å². The monoisotopic (exact) mass is 404 g/mol. The molecule has 0 saturated carbocycles. The molecule has 0 aliphatic heterocycles. The molecular weight excluding hydrogens is 388 g/mol. The van der Waals surface area contributed by atoms with E-state index in [1.54, 1.807) is 12.1 Å². The lowest BCUT2D eigenvalue weighted by Crippen LogP contribution is -2.11. The molecule has 0 bridgehead atoms. The highest BCUT2D eigenvalue weighted by molar-refractivity contribution is 7.87. The van der Waals surface area contributed by atoms with Crippen LogP contribution < -0.4 is 8.92 Å². The van der Waals surface area contributed by atoms with Crippen LogP contribution >= 0.6 is 11.6 Å². The first-order valence-corrected chi connectivity index (χ1v) is 9.83. The van der Waals surface area contributed by atoms with Crippen LogP contribution in [0.3, 0.4) is 0 Å². The number of rotatable bonds is 5. The summed E-state index contributed by atoms with van der Waals surface area (Å²) in [5.41, 5.74) is 2.65. The molecule has 0 radical (unpaired) electrons. The van der Waals surface area contributed by atoms with Crippen LogP contribution in [0.4, 0.5) is 0 Å². The van der Waals surface area contributed by atoms with Crippen LogP contribution in [0, 0.1) is 20.8 Å². The van der Waals surface area contributed by atoms with Crippen molar-refractivity contribution < 1.29 is 17.3 Å². The molecule has 0 unspecified atom stereocenters.